The molecule has 150 valence electrons. The van der Waals surface area contributed by atoms with Gasteiger partial charge in [0.1, 0.15) is 5.60 Å². The second-order valence-electron chi connectivity index (χ2n) is 8.10. The van der Waals surface area contributed by atoms with Crippen molar-refractivity contribution in [2.75, 3.05) is 13.1 Å². The van der Waals surface area contributed by atoms with E-state index >= 15 is 0 Å². The minimum Gasteiger partial charge on any atom is -0.444 e. The van der Waals surface area contributed by atoms with Crippen LogP contribution in [0.4, 0.5) is 4.79 Å². The number of hydrogen-bond acceptors (Lipinski definition) is 6. The first kappa shape index (κ1) is 19.9. The molecule has 0 bridgehead atoms. The lowest BCUT2D eigenvalue weighted by Crippen LogP contribution is -2.58. The molecule has 3 rings (SSSR count). The molecule has 9 nitrogen and oxygen atoms in total. The van der Waals surface area contributed by atoms with Gasteiger partial charge < -0.3 is 9.64 Å². The van der Waals surface area contributed by atoms with Crippen LogP contribution in [-0.4, -0.2) is 55.8 Å². The van der Waals surface area contributed by atoms with Crippen LogP contribution in [0.15, 0.2) is 30.3 Å². The van der Waals surface area contributed by atoms with Crippen LogP contribution in [0.25, 0.3) is 0 Å². The fourth-order valence-electron chi connectivity index (χ4n) is 3.46. The summed E-state index contributed by atoms with van der Waals surface area (Å²) >= 11 is 0. The SMILES string of the molecule is CC(C)(C)OC(=O)N1CCC(c2ccccc2)(c2nnn(CC([NH3+])=O)n2)CC1. The molecule has 0 aliphatic carbocycles. The highest BCUT2D eigenvalue weighted by atomic mass is 16.6. The third kappa shape index (κ3) is 4.36. The van der Waals surface area contributed by atoms with E-state index in [0.717, 1.165) is 5.56 Å². The zero-order valence-corrected chi connectivity index (χ0v) is 16.6. The molecule has 0 atom stereocenters. The summed E-state index contributed by atoms with van der Waals surface area (Å²) < 4.78 is 5.50. The number of tetrazole rings is 1. The van der Waals surface area contributed by atoms with Crippen molar-refractivity contribution >= 4 is 12.0 Å². The van der Waals surface area contributed by atoms with E-state index in [1.807, 2.05) is 51.1 Å². The molecule has 2 amide bonds. The van der Waals surface area contributed by atoms with Gasteiger partial charge >= 0.3 is 12.0 Å². The Morgan fingerprint density at radius 3 is 2.39 bits per heavy atom. The van der Waals surface area contributed by atoms with Crippen LogP contribution in [0, 0.1) is 0 Å². The van der Waals surface area contributed by atoms with Crippen molar-refractivity contribution in [3.05, 3.63) is 41.7 Å². The standard InChI is InChI=1S/C19H26N6O3/c1-18(2,3)28-17(27)24-11-9-19(10-12-24,14-7-5-4-6-8-14)16-21-23-25(22-16)13-15(20)26/h4-8H,9-13H2,1-3H3,(H2,20,26)/p+1. The van der Waals surface area contributed by atoms with E-state index in [0.29, 0.717) is 31.8 Å². The maximum Gasteiger partial charge on any atom is 0.410 e. The van der Waals surface area contributed by atoms with E-state index in [9.17, 15) is 9.59 Å². The van der Waals surface area contributed by atoms with Gasteiger partial charge in [0.25, 0.3) is 0 Å². The molecule has 0 saturated carbocycles. The van der Waals surface area contributed by atoms with E-state index in [-0.39, 0.29) is 18.5 Å². The molecule has 0 unspecified atom stereocenters. The van der Waals surface area contributed by atoms with Crippen LogP contribution >= 0.6 is 0 Å². The summed E-state index contributed by atoms with van der Waals surface area (Å²) in [6.07, 6.45) is 0.967. The Kier molecular flexibility index (Phi) is 5.46. The van der Waals surface area contributed by atoms with Crippen LogP contribution in [0.2, 0.25) is 0 Å². The number of carbonyl (C=O) groups is 2. The minimum atomic E-state index is -0.532. The third-order valence-electron chi connectivity index (χ3n) is 4.79. The van der Waals surface area contributed by atoms with Gasteiger partial charge in [-0.1, -0.05) is 30.3 Å². The normalized spacial score (nSPS) is 16.6. The quantitative estimate of drug-likeness (QED) is 0.827. The van der Waals surface area contributed by atoms with E-state index in [2.05, 4.69) is 21.1 Å². The summed E-state index contributed by atoms with van der Waals surface area (Å²) in [6, 6.07) is 9.98. The molecule has 0 spiro atoms. The van der Waals surface area contributed by atoms with Crippen molar-refractivity contribution in [2.24, 2.45) is 0 Å². The van der Waals surface area contributed by atoms with E-state index in [1.54, 1.807) is 4.90 Å². The largest absolute Gasteiger partial charge is 0.444 e. The fraction of sp³-hybridized carbons (Fsp3) is 0.526. The van der Waals surface area contributed by atoms with Crippen molar-refractivity contribution in [1.82, 2.24) is 25.1 Å². The molecule has 28 heavy (non-hydrogen) atoms. The molecule has 1 aromatic carbocycles. The predicted molar refractivity (Wildman–Crippen MR) is 100.0 cm³/mol. The lowest BCUT2D eigenvalue weighted by molar-refractivity contribution is -0.307. The molecular formula is C19H27N6O3+. The Morgan fingerprint density at radius 1 is 1.18 bits per heavy atom. The second kappa shape index (κ2) is 7.67. The molecule has 1 aliphatic heterocycles. The molecule has 1 aliphatic rings. The monoisotopic (exact) mass is 387 g/mol. The van der Waals surface area contributed by atoms with Crippen LogP contribution in [0.1, 0.15) is 45.0 Å². The first-order valence-corrected chi connectivity index (χ1v) is 9.36. The van der Waals surface area contributed by atoms with Crippen LogP contribution in [0.5, 0.6) is 0 Å². The molecular weight excluding hydrogens is 360 g/mol. The fourth-order valence-corrected chi connectivity index (χ4v) is 3.46. The summed E-state index contributed by atoms with van der Waals surface area (Å²) in [5.74, 6) is 0.279. The molecule has 1 fully saturated rings. The zero-order chi connectivity index (χ0) is 20.4. The van der Waals surface area contributed by atoms with Crippen molar-refractivity contribution in [1.29, 1.82) is 0 Å². The number of likely N-dealkylation sites (tertiary alicyclic amines) is 1. The van der Waals surface area contributed by atoms with Gasteiger partial charge in [-0.15, -0.1) is 10.2 Å². The molecule has 0 radical (unpaired) electrons. The van der Waals surface area contributed by atoms with Gasteiger partial charge in [0.15, 0.2) is 12.4 Å². The highest BCUT2D eigenvalue weighted by Gasteiger charge is 2.43. The lowest BCUT2D eigenvalue weighted by Gasteiger charge is -2.40. The van der Waals surface area contributed by atoms with Crippen molar-refractivity contribution in [3.63, 3.8) is 0 Å². The second-order valence-corrected chi connectivity index (χ2v) is 8.10. The van der Waals surface area contributed by atoms with Gasteiger partial charge in [-0.3, -0.25) is 5.73 Å². The summed E-state index contributed by atoms with van der Waals surface area (Å²) in [6.45, 7) is 6.60. The molecule has 3 N–H and O–H groups in total. The highest BCUT2D eigenvalue weighted by Crippen LogP contribution is 2.40. The van der Waals surface area contributed by atoms with Gasteiger partial charge in [0.2, 0.25) is 0 Å². The Balaban J connectivity index is 1.86. The number of carbonyl (C=O) groups excluding carboxylic acids is 2. The number of aromatic nitrogens is 4. The third-order valence-corrected chi connectivity index (χ3v) is 4.79. The molecule has 1 aromatic heterocycles. The number of rotatable bonds is 4. The summed E-state index contributed by atoms with van der Waals surface area (Å²) in [4.78, 5) is 26.7. The van der Waals surface area contributed by atoms with Gasteiger partial charge in [-0.2, -0.15) is 4.80 Å². The van der Waals surface area contributed by atoms with E-state index in [1.165, 1.54) is 4.80 Å². The number of ether oxygens (including phenoxy) is 1. The maximum absolute atomic E-state index is 12.4. The minimum absolute atomic E-state index is 0.0120. The van der Waals surface area contributed by atoms with Crippen molar-refractivity contribution in [2.45, 2.75) is 51.2 Å². The number of quaternary nitrogens is 1. The zero-order valence-electron chi connectivity index (χ0n) is 16.6. The van der Waals surface area contributed by atoms with Gasteiger partial charge in [-0.25, -0.2) is 9.59 Å². The molecule has 9 heteroatoms. The smallest absolute Gasteiger partial charge is 0.410 e. The molecule has 2 aromatic rings. The van der Waals surface area contributed by atoms with Gasteiger partial charge in [-0.05, 0) is 44.4 Å². The first-order chi connectivity index (χ1) is 13.2. The van der Waals surface area contributed by atoms with Crippen molar-refractivity contribution < 1.29 is 20.1 Å². The Labute approximate surface area is 163 Å². The number of amides is 2. The highest BCUT2D eigenvalue weighted by molar-refractivity contribution is 5.68. The maximum atomic E-state index is 12.4. The van der Waals surface area contributed by atoms with Gasteiger partial charge in [0.05, 0.1) is 5.41 Å². The first-order valence-electron chi connectivity index (χ1n) is 9.36. The van der Waals surface area contributed by atoms with Gasteiger partial charge in [0, 0.05) is 13.1 Å². The Hall–Kier alpha value is -2.81. The average Bonchev–Trinajstić information content (AvgIpc) is 3.09. The average molecular weight is 387 g/mol. The number of benzene rings is 1. The van der Waals surface area contributed by atoms with E-state index < -0.39 is 11.0 Å². The predicted octanol–water partition coefficient (Wildman–Crippen LogP) is 0.759. The van der Waals surface area contributed by atoms with E-state index in [4.69, 9.17) is 4.74 Å². The summed E-state index contributed by atoms with van der Waals surface area (Å²) in [7, 11) is 0. The molecule has 1 saturated heterocycles. The Bertz CT molecular complexity index is 835. The van der Waals surface area contributed by atoms with Crippen molar-refractivity contribution in [3.8, 4) is 0 Å². The van der Waals surface area contributed by atoms with Crippen LogP contribution in [-0.2, 0) is 21.5 Å². The summed E-state index contributed by atoms with van der Waals surface area (Å²) in [5.41, 5.74) is 3.43. The number of hydrogen-bond donors (Lipinski definition) is 1. The summed E-state index contributed by atoms with van der Waals surface area (Å²) in [5, 5.41) is 12.7. The Morgan fingerprint density at radius 2 is 1.82 bits per heavy atom. The number of piperidine rings is 1. The lowest BCUT2D eigenvalue weighted by atomic mass is 9.72. The van der Waals surface area contributed by atoms with Crippen LogP contribution < -0.4 is 5.73 Å². The van der Waals surface area contributed by atoms with Crippen LogP contribution in [0.3, 0.4) is 0 Å². The topological polar surface area (TPSA) is 118 Å². The molecule has 2 heterocycles. The number of nitrogens with zero attached hydrogens (tertiary/aromatic N) is 5.